The van der Waals surface area contributed by atoms with Crippen LogP contribution in [-0.4, -0.2) is 21.6 Å². The number of fused-ring (bicyclic) bond motifs is 5. The third kappa shape index (κ3) is 1.56. The van der Waals surface area contributed by atoms with Crippen LogP contribution in [0.2, 0.25) is 0 Å². The first-order valence-electron chi connectivity index (χ1n) is 8.70. The average molecular weight is 335 g/mol. The van der Waals surface area contributed by atoms with E-state index < -0.39 is 7.12 Å². The molecule has 122 valence electrons. The van der Waals surface area contributed by atoms with Gasteiger partial charge in [-0.3, -0.25) is 0 Å². The number of hydrogen-bond donors (Lipinski definition) is 2. The Labute approximate surface area is 149 Å². The second-order valence-corrected chi connectivity index (χ2v) is 6.83. The maximum absolute atomic E-state index is 10.0. The number of benzene rings is 4. The molecule has 0 saturated carbocycles. The lowest BCUT2D eigenvalue weighted by molar-refractivity contribution is 0.426. The molecule has 6 aromatic rings. The number of para-hydroxylation sites is 1. The molecule has 4 heteroatoms. The van der Waals surface area contributed by atoms with Crippen LogP contribution in [0.1, 0.15) is 0 Å². The van der Waals surface area contributed by atoms with Crippen LogP contribution in [0.15, 0.2) is 72.8 Å². The zero-order valence-electron chi connectivity index (χ0n) is 13.8. The predicted octanol–water partition coefficient (Wildman–Crippen LogP) is 3.67. The zero-order chi connectivity index (χ0) is 17.4. The summed E-state index contributed by atoms with van der Waals surface area (Å²) in [5.41, 5.74) is 3.86. The SMILES string of the molecule is OB(O)c1ccc2c3ccccc3n3c4cccc5cccc(c1c23)c54. The summed E-state index contributed by atoms with van der Waals surface area (Å²) in [7, 11) is -1.51. The molecule has 0 aliphatic carbocycles. The Hall–Kier alpha value is -3.08. The fourth-order valence-corrected chi connectivity index (χ4v) is 4.54. The highest BCUT2D eigenvalue weighted by Crippen LogP contribution is 2.39. The second kappa shape index (κ2) is 4.76. The van der Waals surface area contributed by atoms with E-state index >= 15 is 0 Å². The van der Waals surface area contributed by atoms with E-state index in [1.807, 2.05) is 30.3 Å². The van der Waals surface area contributed by atoms with Gasteiger partial charge >= 0.3 is 7.12 Å². The van der Waals surface area contributed by atoms with Gasteiger partial charge in [-0.15, -0.1) is 0 Å². The van der Waals surface area contributed by atoms with Crippen molar-refractivity contribution in [1.29, 1.82) is 0 Å². The Kier molecular flexibility index (Phi) is 2.59. The van der Waals surface area contributed by atoms with Crippen LogP contribution in [0.25, 0.3) is 48.9 Å². The molecule has 2 aromatic heterocycles. The van der Waals surface area contributed by atoms with Crippen LogP contribution >= 0.6 is 0 Å². The topological polar surface area (TPSA) is 44.9 Å². The van der Waals surface area contributed by atoms with E-state index in [9.17, 15) is 10.0 Å². The van der Waals surface area contributed by atoms with Gasteiger partial charge in [-0.1, -0.05) is 60.7 Å². The first-order chi connectivity index (χ1) is 12.8. The standard InChI is InChI=1S/C22H14BNO2/c25-23(26)17-12-11-15-14-7-1-2-9-18(14)24-19-10-4-6-13-5-3-8-16(20(13)19)21(17)22(15)24/h1-12,25-26H. The molecule has 0 amide bonds. The predicted molar refractivity (Wildman–Crippen MR) is 108 cm³/mol. The highest BCUT2D eigenvalue weighted by Gasteiger charge is 2.23. The van der Waals surface area contributed by atoms with Crippen molar-refractivity contribution in [2.45, 2.75) is 0 Å². The molecule has 2 N–H and O–H groups in total. The maximum Gasteiger partial charge on any atom is 0.489 e. The monoisotopic (exact) mass is 335 g/mol. The van der Waals surface area contributed by atoms with Gasteiger partial charge in [0.1, 0.15) is 0 Å². The Balaban J connectivity index is 2.12. The van der Waals surface area contributed by atoms with E-state index in [4.69, 9.17) is 0 Å². The first-order valence-corrected chi connectivity index (χ1v) is 8.70. The van der Waals surface area contributed by atoms with Gasteiger partial charge < -0.3 is 14.4 Å². The normalized spacial score (nSPS) is 12.2. The van der Waals surface area contributed by atoms with Gasteiger partial charge in [-0.25, -0.2) is 0 Å². The van der Waals surface area contributed by atoms with Crippen molar-refractivity contribution in [3.8, 4) is 0 Å². The number of rotatable bonds is 1. The molecular weight excluding hydrogens is 321 g/mol. The van der Waals surface area contributed by atoms with E-state index in [0.29, 0.717) is 5.46 Å². The molecule has 6 rings (SSSR count). The van der Waals surface area contributed by atoms with E-state index in [1.54, 1.807) is 0 Å². The molecule has 0 aliphatic heterocycles. The molecule has 26 heavy (non-hydrogen) atoms. The Bertz CT molecular complexity index is 1460. The summed E-state index contributed by atoms with van der Waals surface area (Å²) in [4.78, 5) is 0. The third-order valence-corrected chi connectivity index (χ3v) is 5.54. The van der Waals surface area contributed by atoms with Crippen molar-refractivity contribution in [3.05, 3.63) is 72.8 Å². The molecule has 0 bridgehead atoms. The number of hydrogen-bond acceptors (Lipinski definition) is 2. The number of aromatic nitrogens is 1. The minimum absolute atomic E-state index is 0.545. The highest BCUT2D eigenvalue weighted by molar-refractivity contribution is 6.63. The van der Waals surface area contributed by atoms with Crippen LogP contribution in [0.4, 0.5) is 0 Å². The first kappa shape index (κ1) is 14.1. The summed E-state index contributed by atoms with van der Waals surface area (Å²) in [6.45, 7) is 0. The van der Waals surface area contributed by atoms with Gasteiger partial charge in [0.15, 0.2) is 0 Å². The molecule has 0 spiro atoms. The van der Waals surface area contributed by atoms with Crippen LogP contribution in [0.5, 0.6) is 0 Å². The number of nitrogens with zero attached hydrogens (tertiary/aromatic N) is 1. The summed E-state index contributed by atoms with van der Waals surface area (Å²) in [5, 5.41) is 26.6. The molecule has 3 nitrogen and oxygen atoms in total. The lowest BCUT2D eigenvalue weighted by atomic mass is 9.76. The summed E-state index contributed by atoms with van der Waals surface area (Å²) >= 11 is 0. The minimum Gasteiger partial charge on any atom is -0.423 e. The van der Waals surface area contributed by atoms with Crippen molar-refractivity contribution in [2.75, 3.05) is 0 Å². The van der Waals surface area contributed by atoms with Gasteiger partial charge in [-0.05, 0) is 28.4 Å². The van der Waals surface area contributed by atoms with Gasteiger partial charge in [0.05, 0.1) is 16.6 Å². The quantitative estimate of drug-likeness (QED) is 0.274. The van der Waals surface area contributed by atoms with Crippen molar-refractivity contribution >= 4 is 61.4 Å². The molecule has 0 radical (unpaired) electrons. The smallest absolute Gasteiger partial charge is 0.423 e. The highest BCUT2D eigenvalue weighted by atomic mass is 16.4. The van der Waals surface area contributed by atoms with E-state index in [0.717, 1.165) is 43.5 Å². The summed E-state index contributed by atoms with van der Waals surface area (Å²) < 4.78 is 2.27. The summed E-state index contributed by atoms with van der Waals surface area (Å²) in [6.07, 6.45) is 0. The van der Waals surface area contributed by atoms with Gasteiger partial charge in [-0.2, -0.15) is 0 Å². The van der Waals surface area contributed by atoms with Crippen molar-refractivity contribution < 1.29 is 10.0 Å². The summed E-state index contributed by atoms with van der Waals surface area (Å²) in [6, 6.07) is 24.7. The minimum atomic E-state index is -1.51. The summed E-state index contributed by atoms with van der Waals surface area (Å²) in [5.74, 6) is 0. The Morgan fingerprint density at radius 1 is 0.615 bits per heavy atom. The molecular formula is C22H14BNO2. The van der Waals surface area contributed by atoms with Gasteiger partial charge in [0, 0.05) is 21.5 Å². The van der Waals surface area contributed by atoms with Crippen LogP contribution in [0, 0.1) is 0 Å². The maximum atomic E-state index is 10.0. The molecule has 4 aromatic carbocycles. The zero-order valence-corrected chi connectivity index (χ0v) is 13.8. The van der Waals surface area contributed by atoms with Crippen molar-refractivity contribution in [2.24, 2.45) is 0 Å². The Morgan fingerprint density at radius 3 is 2.19 bits per heavy atom. The van der Waals surface area contributed by atoms with Crippen LogP contribution < -0.4 is 5.46 Å². The lowest BCUT2D eigenvalue weighted by Crippen LogP contribution is -2.30. The second-order valence-electron chi connectivity index (χ2n) is 6.83. The molecule has 0 unspecified atom stereocenters. The molecule has 0 saturated heterocycles. The van der Waals surface area contributed by atoms with Crippen molar-refractivity contribution in [1.82, 2.24) is 4.40 Å². The molecule has 2 heterocycles. The average Bonchev–Trinajstić information content (AvgIpc) is 3.01. The third-order valence-electron chi connectivity index (χ3n) is 5.54. The largest absolute Gasteiger partial charge is 0.489 e. The van der Waals surface area contributed by atoms with E-state index in [-0.39, 0.29) is 0 Å². The van der Waals surface area contributed by atoms with Gasteiger partial charge in [0.25, 0.3) is 0 Å². The van der Waals surface area contributed by atoms with E-state index in [1.165, 1.54) is 5.39 Å². The van der Waals surface area contributed by atoms with Crippen molar-refractivity contribution in [3.63, 3.8) is 0 Å². The van der Waals surface area contributed by atoms with Gasteiger partial charge in [0.2, 0.25) is 0 Å². The van der Waals surface area contributed by atoms with Crippen LogP contribution in [-0.2, 0) is 0 Å². The lowest BCUT2D eigenvalue weighted by Gasteiger charge is -2.15. The fourth-order valence-electron chi connectivity index (χ4n) is 4.54. The number of pyridine rings is 1. The fraction of sp³-hybridized carbons (Fsp3) is 0. The van der Waals surface area contributed by atoms with E-state index in [2.05, 4.69) is 46.9 Å². The Morgan fingerprint density at radius 2 is 1.35 bits per heavy atom. The molecule has 0 aliphatic rings. The molecule has 0 atom stereocenters. The van der Waals surface area contributed by atoms with Crippen LogP contribution in [0.3, 0.4) is 0 Å². The molecule has 0 fully saturated rings.